The number of aryl methyl sites for hydroxylation is 1. The van der Waals surface area contributed by atoms with Crippen LogP contribution in [0.15, 0.2) is 6.26 Å². The van der Waals surface area contributed by atoms with E-state index in [1.165, 1.54) is 18.1 Å². The average molecular weight is 216 g/mol. The minimum atomic E-state index is -2.39. The summed E-state index contributed by atoms with van der Waals surface area (Å²) in [5.41, 5.74) is 2.28. The second-order valence-corrected chi connectivity index (χ2v) is 3.20. The molecule has 0 bridgehead atoms. The SMILES string of the molecule is CO/C=C/c1c(C)nn(CC(F)F)c1C. The second-order valence-electron chi connectivity index (χ2n) is 3.20. The van der Waals surface area contributed by atoms with E-state index in [9.17, 15) is 8.78 Å². The molecule has 84 valence electrons. The predicted octanol–water partition coefficient (Wildman–Crippen LogP) is 2.38. The largest absolute Gasteiger partial charge is 0.504 e. The van der Waals surface area contributed by atoms with Crippen molar-refractivity contribution in [1.82, 2.24) is 9.78 Å². The number of hydrogen-bond acceptors (Lipinski definition) is 2. The molecule has 0 saturated carbocycles. The van der Waals surface area contributed by atoms with Crippen LogP contribution in [0.4, 0.5) is 8.78 Å². The Kier molecular flexibility index (Phi) is 3.82. The van der Waals surface area contributed by atoms with Crippen molar-refractivity contribution in [2.24, 2.45) is 0 Å². The summed E-state index contributed by atoms with van der Waals surface area (Å²) >= 11 is 0. The summed E-state index contributed by atoms with van der Waals surface area (Å²) in [4.78, 5) is 0. The summed E-state index contributed by atoms with van der Waals surface area (Å²) in [6.45, 7) is 3.18. The van der Waals surface area contributed by atoms with E-state index in [2.05, 4.69) is 5.10 Å². The van der Waals surface area contributed by atoms with Crippen molar-refractivity contribution in [3.8, 4) is 0 Å². The fourth-order valence-corrected chi connectivity index (χ4v) is 1.40. The van der Waals surface area contributed by atoms with E-state index in [0.717, 1.165) is 17.0 Å². The van der Waals surface area contributed by atoms with Crippen LogP contribution in [0.25, 0.3) is 6.08 Å². The third-order valence-corrected chi connectivity index (χ3v) is 2.12. The number of halogens is 2. The molecule has 0 saturated heterocycles. The third kappa shape index (κ3) is 2.78. The summed E-state index contributed by atoms with van der Waals surface area (Å²) in [6, 6.07) is 0. The molecule has 1 heterocycles. The Bertz CT molecular complexity index is 359. The van der Waals surface area contributed by atoms with Gasteiger partial charge in [0.05, 0.1) is 19.1 Å². The molecule has 1 aromatic heterocycles. The first-order valence-corrected chi connectivity index (χ1v) is 4.57. The first-order chi connectivity index (χ1) is 7.06. The Balaban J connectivity index is 2.98. The first-order valence-electron chi connectivity index (χ1n) is 4.57. The van der Waals surface area contributed by atoms with Gasteiger partial charge in [-0.1, -0.05) is 0 Å². The zero-order chi connectivity index (χ0) is 11.4. The highest BCUT2D eigenvalue weighted by Gasteiger charge is 2.12. The monoisotopic (exact) mass is 216 g/mol. The highest BCUT2D eigenvalue weighted by Crippen LogP contribution is 2.15. The van der Waals surface area contributed by atoms with Gasteiger partial charge in [0.1, 0.15) is 6.54 Å². The van der Waals surface area contributed by atoms with Gasteiger partial charge in [-0.3, -0.25) is 4.68 Å². The van der Waals surface area contributed by atoms with Gasteiger partial charge in [0.2, 0.25) is 0 Å². The zero-order valence-corrected chi connectivity index (χ0v) is 9.00. The van der Waals surface area contributed by atoms with Crippen LogP contribution < -0.4 is 0 Å². The van der Waals surface area contributed by atoms with Crippen LogP contribution in [-0.4, -0.2) is 23.3 Å². The lowest BCUT2D eigenvalue weighted by Gasteiger charge is -2.02. The quantitative estimate of drug-likeness (QED) is 0.722. The maximum Gasteiger partial charge on any atom is 0.257 e. The maximum absolute atomic E-state index is 12.2. The molecule has 0 fully saturated rings. The van der Waals surface area contributed by atoms with Gasteiger partial charge in [-0.05, 0) is 19.9 Å². The number of rotatable bonds is 4. The molecular formula is C10H14F2N2O. The van der Waals surface area contributed by atoms with E-state index >= 15 is 0 Å². The van der Waals surface area contributed by atoms with E-state index in [1.54, 1.807) is 19.9 Å². The lowest BCUT2D eigenvalue weighted by molar-refractivity contribution is 0.121. The van der Waals surface area contributed by atoms with Crippen molar-refractivity contribution in [1.29, 1.82) is 0 Å². The normalized spacial score (nSPS) is 11.6. The summed E-state index contributed by atoms with van der Waals surface area (Å²) in [5.74, 6) is 0. The summed E-state index contributed by atoms with van der Waals surface area (Å²) in [5, 5.41) is 4.03. The molecule has 5 heteroatoms. The standard InChI is InChI=1S/C10H14F2N2O/c1-7-9(4-5-15-3)8(2)14(13-7)6-10(11)12/h4-5,10H,6H2,1-3H3/b5-4+. The molecule has 0 aliphatic heterocycles. The van der Waals surface area contributed by atoms with E-state index in [4.69, 9.17) is 4.74 Å². The van der Waals surface area contributed by atoms with Crippen molar-refractivity contribution in [2.45, 2.75) is 26.8 Å². The van der Waals surface area contributed by atoms with Gasteiger partial charge in [-0.25, -0.2) is 8.78 Å². The fourth-order valence-electron chi connectivity index (χ4n) is 1.40. The van der Waals surface area contributed by atoms with Crippen LogP contribution in [-0.2, 0) is 11.3 Å². The molecule has 1 aromatic rings. The van der Waals surface area contributed by atoms with Gasteiger partial charge < -0.3 is 4.74 Å². The van der Waals surface area contributed by atoms with Crippen molar-refractivity contribution in [3.63, 3.8) is 0 Å². The molecule has 0 unspecified atom stereocenters. The van der Waals surface area contributed by atoms with Gasteiger partial charge in [-0.15, -0.1) is 0 Å². The lowest BCUT2D eigenvalue weighted by atomic mass is 10.2. The van der Waals surface area contributed by atoms with Crippen molar-refractivity contribution >= 4 is 6.08 Å². The number of nitrogens with zero attached hydrogens (tertiary/aromatic N) is 2. The molecule has 0 amide bonds. The van der Waals surface area contributed by atoms with Gasteiger partial charge in [0, 0.05) is 11.3 Å². The highest BCUT2D eigenvalue weighted by atomic mass is 19.3. The molecule has 15 heavy (non-hydrogen) atoms. The van der Waals surface area contributed by atoms with Gasteiger partial charge in [-0.2, -0.15) is 5.10 Å². The van der Waals surface area contributed by atoms with Crippen LogP contribution in [0.2, 0.25) is 0 Å². The minimum absolute atomic E-state index is 0.368. The predicted molar refractivity (Wildman–Crippen MR) is 53.7 cm³/mol. The Hall–Kier alpha value is -1.39. The van der Waals surface area contributed by atoms with Gasteiger partial charge >= 0.3 is 0 Å². The molecular weight excluding hydrogens is 202 g/mol. The molecule has 1 rings (SSSR count). The summed E-state index contributed by atoms with van der Waals surface area (Å²) in [7, 11) is 1.53. The molecule has 0 atom stereocenters. The van der Waals surface area contributed by atoms with Crippen LogP contribution in [0, 0.1) is 13.8 Å². The molecule has 3 nitrogen and oxygen atoms in total. The fraction of sp³-hybridized carbons (Fsp3) is 0.500. The van der Waals surface area contributed by atoms with E-state index in [-0.39, 0.29) is 6.54 Å². The third-order valence-electron chi connectivity index (χ3n) is 2.12. The van der Waals surface area contributed by atoms with Gasteiger partial charge in [0.25, 0.3) is 6.43 Å². The molecule has 0 spiro atoms. The number of alkyl halides is 2. The topological polar surface area (TPSA) is 27.1 Å². The van der Waals surface area contributed by atoms with Crippen LogP contribution in [0.3, 0.4) is 0 Å². The summed E-state index contributed by atoms with van der Waals surface area (Å²) in [6.07, 6.45) is 0.839. The van der Waals surface area contributed by atoms with Gasteiger partial charge in [0.15, 0.2) is 0 Å². The number of aromatic nitrogens is 2. The molecule has 0 N–H and O–H groups in total. The Morgan fingerprint density at radius 3 is 2.67 bits per heavy atom. The maximum atomic E-state index is 12.2. The lowest BCUT2D eigenvalue weighted by Crippen LogP contribution is -2.09. The molecule has 0 aromatic carbocycles. The second kappa shape index (κ2) is 4.91. The Morgan fingerprint density at radius 1 is 1.47 bits per heavy atom. The van der Waals surface area contributed by atoms with Crippen molar-refractivity contribution in [3.05, 3.63) is 23.2 Å². The van der Waals surface area contributed by atoms with E-state index in [1.807, 2.05) is 0 Å². The minimum Gasteiger partial charge on any atom is -0.504 e. The Morgan fingerprint density at radius 2 is 2.13 bits per heavy atom. The van der Waals surface area contributed by atoms with Crippen LogP contribution in [0.5, 0.6) is 0 Å². The van der Waals surface area contributed by atoms with E-state index in [0.29, 0.717) is 0 Å². The highest BCUT2D eigenvalue weighted by molar-refractivity contribution is 5.53. The van der Waals surface area contributed by atoms with Crippen molar-refractivity contribution in [2.75, 3.05) is 7.11 Å². The number of methoxy groups -OCH3 is 1. The number of hydrogen-bond donors (Lipinski definition) is 0. The van der Waals surface area contributed by atoms with E-state index < -0.39 is 6.43 Å². The molecule has 0 radical (unpaired) electrons. The molecule has 0 aliphatic rings. The van der Waals surface area contributed by atoms with Crippen LogP contribution in [0.1, 0.15) is 17.0 Å². The zero-order valence-electron chi connectivity index (χ0n) is 9.00. The average Bonchev–Trinajstić information content (AvgIpc) is 2.39. The summed E-state index contributed by atoms with van der Waals surface area (Å²) < 4.78 is 30.5. The van der Waals surface area contributed by atoms with Crippen molar-refractivity contribution < 1.29 is 13.5 Å². The molecule has 0 aliphatic carbocycles. The Labute approximate surface area is 87.3 Å². The number of ether oxygens (including phenoxy) is 1. The van der Waals surface area contributed by atoms with Crippen LogP contribution >= 0.6 is 0 Å². The smallest absolute Gasteiger partial charge is 0.257 e. The first kappa shape index (κ1) is 11.7.